The van der Waals surface area contributed by atoms with E-state index in [4.69, 9.17) is 4.42 Å². The molecule has 8 nitrogen and oxygen atoms in total. The van der Waals surface area contributed by atoms with Crippen LogP contribution >= 0.6 is 0 Å². The molecule has 2 aromatic carbocycles. The lowest BCUT2D eigenvalue weighted by atomic mass is 10.3. The number of carbonyl (C=O) groups excluding carboxylic acids is 1. The van der Waals surface area contributed by atoms with Crippen LogP contribution in [0.1, 0.15) is 12.8 Å². The number of hydrogen-bond acceptors (Lipinski definition) is 5. The molecule has 28 heavy (non-hydrogen) atoms. The predicted molar refractivity (Wildman–Crippen MR) is 104 cm³/mol. The molecule has 3 aromatic rings. The number of anilines is 1. The van der Waals surface area contributed by atoms with E-state index in [9.17, 15) is 18.0 Å². The monoisotopic (exact) mass is 401 g/mol. The Labute approximate surface area is 161 Å². The van der Waals surface area contributed by atoms with Gasteiger partial charge in [0.05, 0.1) is 10.4 Å². The standard InChI is InChI=1S/C19H19N3O5S/c23-18(13-22-16-8-1-2-9-17(16)27-19(22)24)20-14-6-5-7-15(12-14)28(25,26)21-10-3-4-11-21/h1-2,5-9,12H,3-4,10-11,13H2,(H,20,23). The predicted octanol–water partition coefficient (Wildman–Crippen LogP) is 2.02. The third-order valence-corrected chi connectivity index (χ3v) is 6.59. The van der Waals surface area contributed by atoms with Crippen molar-refractivity contribution in [1.29, 1.82) is 0 Å². The Morgan fingerprint density at radius 1 is 1.07 bits per heavy atom. The number of hydrogen-bond donors (Lipinski definition) is 1. The minimum atomic E-state index is -3.57. The van der Waals surface area contributed by atoms with Crippen LogP contribution in [0.15, 0.2) is 62.6 Å². The van der Waals surface area contributed by atoms with Gasteiger partial charge in [-0.1, -0.05) is 18.2 Å². The third kappa shape index (κ3) is 3.46. The van der Waals surface area contributed by atoms with Gasteiger partial charge in [0.15, 0.2) is 5.58 Å². The van der Waals surface area contributed by atoms with Crippen LogP contribution in [-0.4, -0.2) is 36.3 Å². The summed E-state index contributed by atoms with van der Waals surface area (Å²) in [6.45, 7) is 0.781. The van der Waals surface area contributed by atoms with Crippen LogP contribution in [0.2, 0.25) is 0 Å². The number of para-hydroxylation sites is 2. The molecule has 0 bridgehead atoms. The zero-order chi connectivity index (χ0) is 19.7. The van der Waals surface area contributed by atoms with Crippen LogP contribution < -0.4 is 11.1 Å². The van der Waals surface area contributed by atoms with Crippen molar-refractivity contribution in [1.82, 2.24) is 8.87 Å². The molecule has 0 spiro atoms. The number of nitrogens with one attached hydrogen (secondary N) is 1. The molecule has 1 fully saturated rings. The molecule has 9 heteroatoms. The summed E-state index contributed by atoms with van der Waals surface area (Å²) in [6.07, 6.45) is 1.70. The van der Waals surface area contributed by atoms with Gasteiger partial charge in [0.1, 0.15) is 6.54 Å². The number of nitrogens with zero attached hydrogens (tertiary/aromatic N) is 2. The van der Waals surface area contributed by atoms with Crippen molar-refractivity contribution in [2.45, 2.75) is 24.3 Å². The molecular formula is C19H19N3O5S. The number of amides is 1. The van der Waals surface area contributed by atoms with Crippen LogP contribution in [0.25, 0.3) is 11.1 Å². The van der Waals surface area contributed by atoms with E-state index in [1.165, 1.54) is 21.0 Å². The van der Waals surface area contributed by atoms with Crippen molar-refractivity contribution in [3.63, 3.8) is 0 Å². The number of oxazole rings is 1. The SMILES string of the molecule is O=C(Cn1c(=O)oc2ccccc21)Nc1cccc(S(=O)(=O)N2CCCC2)c1. The fraction of sp³-hybridized carbons (Fsp3) is 0.263. The molecule has 4 rings (SSSR count). The maximum absolute atomic E-state index is 12.7. The quantitative estimate of drug-likeness (QED) is 0.705. The normalized spacial score (nSPS) is 15.1. The summed E-state index contributed by atoms with van der Waals surface area (Å²) in [5.41, 5.74) is 1.28. The summed E-state index contributed by atoms with van der Waals surface area (Å²) in [5.74, 6) is -1.08. The Kier molecular flexibility index (Phi) is 4.78. The Morgan fingerprint density at radius 3 is 2.61 bits per heavy atom. The molecule has 1 aliphatic rings. The highest BCUT2D eigenvalue weighted by Gasteiger charge is 2.27. The number of aromatic nitrogens is 1. The van der Waals surface area contributed by atoms with Crippen LogP contribution in [0.3, 0.4) is 0 Å². The summed E-state index contributed by atoms with van der Waals surface area (Å²) >= 11 is 0. The fourth-order valence-corrected chi connectivity index (χ4v) is 4.88. The highest BCUT2D eigenvalue weighted by Crippen LogP contribution is 2.23. The second-order valence-electron chi connectivity index (χ2n) is 6.61. The maximum Gasteiger partial charge on any atom is 0.420 e. The molecule has 0 saturated carbocycles. The van der Waals surface area contributed by atoms with Gasteiger partial charge in [-0.3, -0.25) is 9.36 Å². The molecule has 1 aliphatic heterocycles. The first-order valence-electron chi connectivity index (χ1n) is 8.93. The van der Waals surface area contributed by atoms with Gasteiger partial charge in [-0.2, -0.15) is 4.31 Å². The highest BCUT2D eigenvalue weighted by atomic mass is 32.2. The lowest BCUT2D eigenvalue weighted by Crippen LogP contribution is -2.28. The van der Waals surface area contributed by atoms with Gasteiger partial charge in [-0.15, -0.1) is 0 Å². The van der Waals surface area contributed by atoms with Crippen molar-refractivity contribution in [2.75, 3.05) is 18.4 Å². The lowest BCUT2D eigenvalue weighted by molar-refractivity contribution is -0.116. The van der Waals surface area contributed by atoms with E-state index < -0.39 is 21.7 Å². The molecule has 0 unspecified atom stereocenters. The first-order chi connectivity index (χ1) is 13.4. The first kappa shape index (κ1) is 18.5. The van der Waals surface area contributed by atoms with E-state index in [-0.39, 0.29) is 11.4 Å². The van der Waals surface area contributed by atoms with Crippen molar-refractivity contribution in [2.24, 2.45) is 0 Å². The summed E-state index contributed by atoms with van der Waals surface area (Å²) < 4.78 is 33.1. The van der Waals surface area contributed by atoms with Crippen LogP contribution in [-0.2, 0) is 21.4 Å². The van der Waals surface area contributed by atoms with Gasteiger partial charge in [0, 0.05) is 18.8 Å². The molecule has 1 aromatic heterocycles. The molecule has 1 N–H and O–H groups in total. The minimum Gasteiger partial charge on any atom is -0.408 e. The molecular weight excluding hydrogens is 382 g/mol. The Hall–Kier alpha value is -2.91. The van der Waals surface area contributed by atoms with E-state index in [0.29, 0.717) is 29.9 Å². The van der Waals surface area contributed by atoms with Gasteiger partial charge in [-0.05, 0) is 43.2 Å². The van der Waals surface area contributed by atoms with Crippen molar-refractivity contribution in [3.05, 3.63) is 59.1 Å². The summed E-state index contributed by atoms with van der Waals surface area (Å²) in [5, 5.41) is 2.65. The molecule has 146 valence electrons. The van der Waals surface area contributed by atoms with Crippen molar-refractivity contribution >= 4 is 32.7 Å². The number of benzene rings is 2. The van der Waals surface area contributed by atoms with Crippen molar-refractivity contribution < 1.29 is 17.6 Å². The number of carbonyl (C=O) groups is 1. The molecule has 0 aliphatic carbocycles. The fourth-order valence-electron chi connectivity index (χ4n) is 3.32. The van der Waals surface area contributed by atoms with E-state index in [0.717, 1.165) is 12.8 Å². The largest absolute Gasteiger partial charge is 0.420 e. The average molecular weight is 401 g/mol. The molecule has 2 heterocycles. The van der Waals surface area contributed by atoms with Gasteiger partial charge >= 0.3 is 5.76 Å². The summed E-state index contributed by atoms with van der Waals surface area (Å²) in [6, 6.07) is 13.0. The van der Waals surface area contributed by atoms with Gasteiger partial charge in [0.2, 0.25) is 15.9 Å². The molecule has 1 saturated heterocycles. The lowest BCUT2D eigenvalue weighted by Gasteiger charge is -2.16. The smallest absolute Gasteiger partial charge is 0.408 e. The Balaban J connectivity index is 1.54. The molecule has 0 radical (unpaired) electrons. The van der Waals surface area contributed by atoms with Crippen molar-refractivity contribution in [3.8, 4) is 0 Å². The molecule has 0 atom stereocenters. The highest BCUT2D eigenvalue weighted by molar-refractivity contribution is 7.89. The van der Waals surface area contributed by atoms with Crippen LogP contribution in [0.4, 0.5) is 5.69 Å². The van der Waals surface area contributed by atoms with E-state index in [2.05, 4.69) is 5.32 Å². The minimum absolute atomic E-state index is 0.137. The second kappa shape index (κ2) is 7.25. The van der Waals surface area contributed by atoms with E-state index in [1.807, 2.05) is 0 Å². The zero-order valence-electron chi connectivity index (χ0n) is 15.0. The van der Waals surface area contributed by atoms with Gasteiger partial charge < -0.3 is 9.73 Å². The number of fused-ring (bicyclic) bond motifs is 1. The van der Waals surface area contributed by atoms with Gasteiger partial charge in [0.25, 0.3) is 0 Å². The second-order valence-corrected chi connectivity index (χ2v) is 8.55. The van der Waals surface area contributed by atoms with Crippen LogP contribution in [0, 0.1) is 0 Å². The van der Waals surface area contributed by atoms with E-state index >= 15 is 0 Å². The Bertz CT molecular complexity index is 1190. The van der Waals surface area contributed by atoms with Crippen LogP contribution in [0.5, 0.6) is 0 Å². The molecule has 1 amide bonds. The summed E-state index contributed by atoms with van der Waals surface area (Å²) in [7, 11) is -3.57. The first-order valence-corrected chi connectivity index (χ1v) is 10.4. The number of rotatable bonds is 5. The van der Waals surface area contributed by atoms with E-state index in [1.54, 1.807) is 36.4 Å². The number of sulfonamides is 1. The van der Waals surface area contributed by atoms with Gasteiger partial charge in [-0.25, -0.2) is 13.2 Å². The topological polar surface area (TPSA) is 102 Å². The zero-order valence-corrected chi connectivity index (χ0v) is 15.8. The third-order valence-electron chi connectivity index (χ3n) is 4.70. The maximum atomic E-state index is 12.7. The average Bonchev–Trinajstić information content (AvgIpc) is 3.31. The Morgan fingerprint density at radius 2 is 1.82 bits per heavy atom. The summed E-state index contributed by atoms with van der Waals surface area (Å²) in [4.78, 5) is 24.5.